The minimum atomic E-state index is -0.0606. The topological polar surface area (TPSA) is 67.4 Å². The van der Waals surface area contributed by atoms with Crippen molar-refractivity contribution in [3.05, 3.63) is 29.8 Å². The molecular weight excluding hydrogens is 280 g/mol. The Morgan fingerprint density at radius 1 is 1.23 bits per heavy atom. The third-order valence-electron chi connectivity index (χ3n) is 4.00. The minimum Gasteiger partial charge on any atom is -0.497 e. The Bertz CT molecular complexity index is 510. The van der Waals surface area contributed by atoms with E-state index in [4.69, 9.17) is 4.74 Å². The summed E-state index contributed by atoms with van der Waals surface area (Å²) in [6.45, 7) is 0.867. The van der Waals surface area contributed by atoms with E-state index in [0.717, 1.165) is 37.0 Å². The van der Waals surface area contributed by atoms with Gasteiger partial charge in [-0.05, 0) is 30.5 Å². The zero-order valence-corrected chi connectivity index (χ0v) is 13.1. The SMILES string of the molecule is COc1cccc(CNC(=O)CCNC(=O)C2CCCC2)c1. The lowest BCUT2D eigenvalue weighted by atomic mass is 10.1. The first-order chi connectivity index (χ1) is 10.7. The van der Waals surface area contributed by atoms with Gasteiger partial charge in [-0.3, -0.25) is 9.59 Å². The van der Waals surface area contributed by atoms with Crippen LogP contribution in [0.25, 0.3) is 0 Å². The highest BCUT2D eigenvalue weighted by molar-refractivity contribution is 5.80. The second-order valence-corrected chi connectivity index (χ2v) is 5.65. The molecule has 0 bridgehead atoms. The van der Waals surface area contributed by atoms with Crippen LogP contribution in [0.4, 0.5) is 0 Å². The van der Waals surface area contributed by atoms with Crippen LogP contribution in [0, 0.1) is 5.92 Å². The Labute approximate surface area is 131 Å². The first-order valence-corrected chi connectivity index (χ1v) is 7.86. The van der Waals surface area contributed by atoms with Crippen molar-refractivity contribution in [3.63, 3.8) is 0 Å². The van der Waals surface area contributed by atoms with Gasteiger partial charge in [0.1, 0.15) is 5.75 Å². The van der Waals surface area contributed by atoms with Gasteiger partial charge < -0.3 is 15.4 Å². The van der Waals surface area contributed by atoms with Crippen molar-refractivity contribution >= 4 is 11.8 Å². The number of benzene rings is 1. The average Bonchev–Trinajstić information content (AvgIpc) is 3.07. The van der Waals surface area contributed by atoms with Gasteiger partial charge in [0.2, 0.25) is 11.8 Å². The summed E-state index contributed by atoms with van der Waals surface area (Å²) in [5, 5.41) is 5.70. The monoisotopic (exact) mass is 304 g/mol. The van der Waals surface area contributed by atoms with Crippen LogP contribution < -0.4 is 15.4 Å². The van der Waals surface area contributed by atoms with Crippen molar-refractivity contribution in [2.75, 3.05) is 13.7 Å². The summed E-state index contributed by atoms with van der Waals surface area (Å²) in [7, 11) is 1.62. The Hall–Kier alpha value is -2.04. The lowest BCUT2D eigenvalue weighted by Gasteiger charge is -2.10. The van der Waals surface area contributed by atoms with Gasteiger partial charge in [-0.25, -0.2) is 0 Å². The van der Waals surface area contributed by atoms with Crippen molar-refractivity contribution < 1.29 is 14.3 Å². The average molecular weight is 304 g/mol. The lowest BCUT2D eigenvalue weighted by Crippen LogP contribution is -2.33. The Balaban J connectivity index is 1.64. The van der Waals surface area contributed by atoms with Gasteiger partial charge in [0.15, 0.2) is 0 Å². The molecule has 5 nitrogen and oxygen atoms in total. The van der Waals surface area contributed by atoms with E-state index in [9.17, 15) is 9.59 Å². The number of rotatable bonds is 7. The van der Waals surface area contributed by atoms with Crippen LogP contribution >= 0.6 is 0 Å². The minimum absolute atomic E-state index is 0.0606. The normalized spacial score (nSPS) is 14.6. The van der Waals surface area contributed by atoms with Crippen molar-refractivity contribution in [1.29, 1.82) is 0 Å². The number of ether oxygens (including phenoxy) is 1. The number of nitrogens with one attached hydrogen (secondary N) is 2. The fourth-order valence-corrected chi connectivity index (χ4v) is 2.70. The molecule has 2 rings (SSSR count). The van der Waals surface area contributed by atoms with Crippen molar-refractivity contribution in [2.24, 2.45) is 5.92 Å². The standard InChI is InChI=1S/C17H24N2O3/c1-22-15-8-4-5-13(11-15)12-19-16(20)9-10-18-17(21)14-6-2-3-7-14/h4-5,8,11,14H,2-3,6-7,9-10,12H2,1H3,(H,18,21)(H,19,20). The van der Waals surface area contributed by atoms with Gasteiger partial charge in [0.25, 0.3) is 0 Å². The summed E-state index contributed by atoms with van der Waals surface area (Å²) < 4.78 is 5.14. The first kappa shape index (κ1) is 16.3. The largest absolute Gasteiger partial charge is 0.497 e. The number of methoxy groups -OCH3 is 1. The molecule has 0 saturated heterocycles. The summed E-state index contributed by atoms with van der Waals surface area (Å²) in [4.78, 5) is 23.6. The molecule has 1 aromatic rings. The van der Waals surface area contributed by atoms with Crippen LogP contribution in [0.2, 0.25) is 0 Å². The van der Waals surface area contributed by atoms with Crippen LogP contribution in [0.1, 0.15) is 37.7 Å². The molecule has 1 aliphatic rings. The van der Waals surface area contributed by atoms with Crippen LogP contribution in [-0.4, -0.2) is 25.5 Å². The van der Waals surface area contributed by atoms with E-state index in [-0.39, 0.29) is 17.7 Å². The van der Waals surface area contributed by atoms with E-state index in [0.29, 0.717) is 19.5 Å². The molecule has 2 N–H and O–H groups in total. The molecule has 0 aliphatic heterocycles. The quantitative estimate of drug-likeness (QED) is 0.809. The molecule has 0 atom stereocenters. The van der Waals surface area contributed by atoms with Gasteiger partial charge in [-0.2, -0.15) is 0 Å². The van der Waals surface area contributed by atoms with Gasteiger partial charge in [0.05, 0.1) is 7.11 Å². The second-order valence-electron chi connectivity index (χ2n) is 5.65. The fourth-order valence-electron chi connectivity index (χ4n) is 2.70. The van der Waals surface area contributed by atoms with E-state index in [1.54, 1.807) is 7.11 Å². The van der Waals surface area contributed by atoms with Crippen molar-refractivity contribution in [1.82, 2.24) is 10.6 Å². The fraction of sp³-hybridized carbons (Fsp3) is 0.529. The maximum absolute atomic E-state index is 11.8. The molecule has 120 valence electrons. The van der Waals surface area contributed by atoms with Crippen molar-refractivity contribution in [3.8, 4) is 5.75 Å². The molecule has 2 amide bonds. The van der Waals surface area contributed by atoms with E-state index in [1.165, 1.54) is 0 Å². The first-order valence-electron chi connectivity index (χ1n) is 7.86. The smallest absolute Gasteiger partial charge is 0.223 e. The molecule has 1 aromatic carbocycles. The lowest BCUT2D eigenvalue weighted by molar-refractivity contribution is -0.125. The van der Waals surface area contributed by atoms with Crippen molar-refractivity contribution in [2.45, 2.75) is 38.6 Å². The molecule has 0 unspecified atom stereocenters. The zero-order valence-electron chi connectivity index (χ0n) is 13.1. The summed E-state index contributed by atoms with van der Waals surface area (Å²) in [6, 6.07) is 7.58. The molecule has 1 saturated carbocycles. The molecule has 1 fully saturated rings. The van der Waals surface area contributed by atoms with E-state index < -0.39 is 0 Å². The Kier molecular flexibility index (Phi) is 6.25. The Morgan fingerprint density at radius 2 is 2.00 bits per heavy atom. The van der Waals surface area contributed by atoms with Crippen LogP contribution in [0.5, 0.6) is 5.75 Å². The van der Waals surface area contributed by atoms with Gasteiger partial charge in [-0.1, -0.05) is 25.0 Å². The number of carbonyl (C=O) groups excluding carboxylic acids is 2. The molecule has 0 heterocycles. The summed E-state index contributed by atoms with van der Waals surface area (Å²) in [6.07, 6.45) is 4.54. The summed E-state index contributed by atoms with van der Waals surface area (Å²) in [5.74, 6) is 0.961. The number of carbonyl (C=O) groups is 2. The van der Waals surface area contributed by atoms with Crippen LogP contribution in [-0.2, 0) is 16.1 Å². The molecule has 0 radical (unpaired) electrons. The highest BCUT2D eigenvalue weighted by atomic mass is 16.5. The maximum atomic E-state index is 11.8. The third-order valence-corrected chi connectivity index (χ3v) is 4.00. The van der Waals surface area contributed by atoms with Gasteiger partial charge in [0, 0.05) is 25.4 Å². The number of hydrogen-bond acceptors (Lipinski definition) is 3. The van der Waals surface area contributed by atoms with Crippen LogP contribution in [0.3, 0.4) is 0 Å². The highest BCUT2D eigenvalue weighted by Gasteiger charge is 2.22. The molecule has 1 aliphatic carbocycles. The molecule has 0 spiro atoms. The second kappa shape index (κ2) is 8.41. The van der Waals surface area contributed by atoms with E-state index in [2.05, 4.69) is 10.6 Å². The predicted molar refractivity (Wildman–Crippen MR) is 84.4 cm³/mol. The molecule has 0 aromatic heterocycles. The van der Waals surface area contributed by atoms with Gasteiger partial charge in [-0.15, -0.1) is 0 Å². The maximum Gasteiger partial charge on any atom is 0.223 e. The van der Waals surface area contributed by atoms with E-state index in [1.807, 2.05) is 24.3 Å². The summed E-state index contributed by atoms with van der Waals surface area (Å²) >= 11 is 0. The highest BCUT2D eigenvalue weighted by Crippen LogP contribution is 2.24. The van der Waals surface area contributed by atoms with E-state index >= 15 is 0 Å². The predicted octanol–water partition coefficient (Wildman–Crippen LogP) is 2.01. The molecular formula is C17H24N2O3. The Morgan fingerprint density at radius 3 is 2.73 bits per heavy atom. The summed E-state index contributed by atoms with van der Waals surface area (Å²) in [5.41, 5.74) is 0.989. The number of hydrogen-bond donors (Lipinski definition) is 2. The third kappa shape index (κ3) is 5.06. The number of amides is 2. The van der Waals surface area contributed by atoms with Crippen LogP contribution in [0.15, 0.2) is 24.3 Å². The molecule has 5 heteroatoms. The molecule has 22 heavy (non-hydrogen) atoms. The zero-order chi connectivity index (χ0) is 15.8. The van der Waals surface area contributed by atoms with Gasteiger partial charge >= 0.3 is 0 Å².